The fraction of sp³-hybridized carbons (Fsp3) is 0.182. The van der Waals surface area contributed by atoms with Crippen molar-refractivity contribution in [3.8, 4) is 11.4 Å². The first-order valence-corrected chi connectivity index (χ1v) is 9.09. The minimum Gasteiger partial charge on any atom is -0.512 e. The van der Waals surface area contributed by atoms with E-state index in [1.165, 1.54) is 18.2 Å². The van der Waals surface area contributed by atoms with Crippen molar-refractivity contribution in [2.24, 2.45) is 0 Å². The lowest BCUT2D eigenvalue weighted by molar-refractivity contribution is -0.137. The second-order valence-electron chi connectivity index (χ2n) is 6.31. The molecule has 0 fully saturated rings. The number of nitrogens with zero attached hydrogens (tertiary/aromatic N) is 2. The van der Waals surface area contributed by atoms with Crippen molar-refractivity contribution in [2.75, 3.05) is 5.32 Å². The summed E-state index contributed by atoms with van der Waals surface area (Å²) in [4.78, 5) is 8.75. The van der Waals surface area contributed by atoms with Gasteiger partial charge in [0.05, 0.1) is 16.8 Å². The Morgan fingerprint density at radius 1 is 1.07 bits per heavy atom. The number of halogens is 3. The van der Waals surface area contributed by atoms with Crippen molar-refractivity contribution in [3.63, 3.8) is 0 Å². The fourth-order valence-electron chi connectivity index (χ4n) is 2.83. The molecule has 2 aromatic carbocycles. The molecule has 0 atom stereocenters. The monoisotopic (exact) mass is 399 g/mol. The van der Waals surface area contributed by atoms with Gasteiger partial charge < -0.3 is 10.4 Å². The van der Waals surface area contributed by atoms with Crippen LogP contribution in [-0.4, -0.2) is 15.1 Å². The number of hydrogen-bond acceptors (Lipinski definition) is 4. The molecule has 0 bridgehead atoms. The number of aliphatic hydroxyl groups is 1. The zero-order valence-corrected chi connectivity index (χ0v) is 16.0. The SMILES string of the molecule is C/C=C(/C=C(/O)CC)Nc1nc(-c2ccccc2C(F)(F)F)nc2ccccc12. The molecule has 0 radical (unpaired) electrons. The van der Waals surface area contributed by atoms with Crippen LogP contribution >= 0.6 is 0 Å². The lowest BCUT2D eigenvalue weighted by atomic mass is 10.1. The maximum Gasteiger partial charge on any atom is 0.417 e. The Kier molecular flexibility index (Phi) is 5.87. The van der Waals surface area contributed by atoms with Crippen LogP contribution < -0.4 is 5.32 Å². The summed E-state index contributed by atoms with van der Waals surface area (Å²) in [6.07, 6.45) is -0.774. The summed E-state index contributed by atoms with van der Waals surface area (Å²) in [6.45, 7) is 3.59. The highest BCUT2D eigenvalue weighted by Gasteiger charge is 2.34. The van der Waals surface area contributed by atoms with Crippen molar-refractivity contribution in [1.82, 2.24) is 9.97 Å². The van der Waals surface area contributed by atoms with Gasteiger partial charge in [-0.25, -0.2) is 9.97 Å². The summed E-state index contributed by atoms with van der Waals surface area (Å²) in [5.41, 5.74) is 0.193. The number of fused-ring (bicyclic) bond motifs is 1. The number of para-hydroxylation sites is 1. The molecule has 0 saturated heterocycles. The quantitative estimate of drug-likeness (QED) is 0.381. The largest absolute Gasteiger partial charge is 0.512 e. The average molecular weight is 399 g/mol. The second kappa shape index (κ2) is 8.34. The van der Waals surface area contributed by atoms with Gasteiger partial charge in [-0.1, -0.05) is 43.3 Å². The zero-order valence-electron chi connectivity index (χ0n) is 16.0. The van der Waals surface area contributed by atoms with E-state index in [0.717, 1.165) is 6.07 Å². The molecule has 1 heterocycles. The van der Waals surface area contributed by atoms with E-state index in [-0.39, 0.29) is 17.1 Å². The van der Waals surface area contributed by atoms with Gasteiger partial charge >= 0.3 is 6.18 Å². The van der Waals surface area contributed by atoms with E-state index in [9.17, 15) is 18.3 Å². The first-order valence-electron chi connectivity index (χ1n) is 9.09. The number of allylic oxidation sites excluding steroid dienone is 3. The van der Waals surface area contributed by atoms with Crippen molar-refractivity contribution in [1.29, 1.82) is 0 Å². The van der Waals surface area contributed by atoms with Gasteiger partial charge in [-0.05, 0) is 31.2 Å². The second-order valence-corrected chi connectivity index (χ2v) is 6.31. The molecule has 4 nitrogen and oxygen atoms in total. The number of anilines is 1. The minimum absolute atomic E-state index is 0.0294. The molecule has 0 aliphatic heterocycles. The van der Waals surface area contributed by atoms with Crippen LogP contribution in [0.4, 0.5) is 19.0 Å². The number of nitrogens with one attached hydrogen (secondary N) is 1. The summed E-state index contributed by atoms with van der Waals surface area (Å²) >= 11 is 0. The minimum atomic E-state index is -4.52. The van der Waals surface area contributed by atoms with Crippen molar-refractivity contribution in [2.45, 2.75) is 26.4 Å². The van der Waals surface area contributed by atoms with Crippen LogP contribution in [0.1, 0.15) is 25.8 Å². The van der Waals surface area contributed by atoms with Crippen LogP contribution in [0.3, 0.4) is 0 Å². The first kappa shape index (κ1) is 20.4. The number of alkyl halides is 3. The highest BCUT2D eigenvalue weighted by Crippen LogP contribution is 2.37. The first-order chi connectivity index (χ1) is 13.8. The zero-order chi connectivity index (χ0) is 21.0. The summed E-state index contributed by atoms with van der Waals surface area (Å²) in [5, 5.41) is 13.6. The Hall–Kier alpha value is -3.35. The van der Waals surface area contributed by atoms with E-state index >= 15 is 0 Å². The van der Waals surface area contributed by atoms with E-state index in [4.69, 9.17) is 0 Å². The van der Waals surface area contributed by atoms with Gasteiger partial charge in [0, 0.05) is 23.1 Å². The van der Waals surface area contributed by atoms with Crippen molar-refractivity contribution in [3.05, 3.63) is 77.7 Å². The van der Waals surface area contributed by atoms with E-state index < -0.39 is 11.7 Å². The summed E-state index contributed by atoms with van der Waals surface area (Å²) < 4.78 is 40.4. The number of hydrogen-bond donors (Lipinski definition) is 2. The van der Waals surface area contributed by atoms with Crippen LogP contribution in [0.15, 0.2) is 72.1 Å². The molecule has 150 valence electrons. The predicted octanol–water partition coefficient (Wildman–Crippen LogP) is 6.48. The molecule has 0 saturated carbocycles. The van der Waals surface area contributed by atoms with Gasteiger partial charge in [-0.15, -0.1) is 0 Å². The van der Waals surface area contributed by atoms with Gasteiger partial charge in [0.2, 0.25) is 0 Å². The van der Waals surface area contributed by atoms with Gasteiger partial charge in [-0.2, -0.15) is 13.2 Å². The maximum absolute atomic E-state index is 13.5. The summed E-state index contributed by atoms with van der Waals surface area (Å²) in [6, 6.07) is 12.3. The Labute approximate surface area is 166 Å². The number of aromatic nitrogens is 2. The Morgan fingerprint density at radius 3 is 2.45 bits per heavy atom. The smallest absolute Gasteiger partial charge is 0.417 e. The van der Waals surface area contributed by atoms with Crippen molar-refractivity contribution >= 4 is 16.7 Å². The van der Waals surface area contributed by atoms with Crippen LogP contribution in [0.2, 0.25) is 0 Å². The Bertz CT molecular complexity index is 1090. The highest BCUT2D eigenvalue weighted by molar-refractivity contribution is 5.91. The Morgan fingerprint density at radius 2 is 1.76 bits per heavy atom. The summed E-state index contributed by atoms with van der Waals surface area (Å²) in [5.74, 6) is 0.501. The molecule has 7 heteroatoms. The van der Waals surface area contributed by atoms with Gasteiger partial charge in [0.25, 0.3) is 0 Å². The van der Waals surface area contributed by atoms with Crippen LogP contribution in [0, 0.1) is 0 Å². The Balaban J connectivity index is 2.18. The van der Waals surface area contributed by atoms with Crippen LogP contribution in [0.25, 0.3) is 22.3 Å². The normalized spacial score (nSPS) is 13.0. The molecule has 0 spiro atoms. The molecule has 29 heavy (non-hydrogen) atoms. The molecule has 3 aromatic rings. The maximum atomic E-state index is 13.5. The molecule has 0 unspecified atom stereocenters. The van der Waals surface area contributed by atoms with Crippen LogP contribution in [0.5, 0.6) is 0 Å². The average Bonchev–Trinajstić information content (AvgIpc) is 2.72. The van der Waals surface area contributed by atoms with E-state index in [0.29, 0.717) is 28.8 Å². The van der Waals surface area contributed by atoms with E-state index in [1.807, 2.05) is 6.92 Å². The summed E-state index contributed by atoms with van der Waals surface area (Å²) in [7, 11) is 0. The van der Waals surface area contributed by atoms with Gasteiger partial charge in [-0.3, -0.25) is 0 Å². The van der Waals surface area contributed by atoms with Crippen LogP contribution in [-0.2, 0) is 6.18 Å². The standard InChI is InChI=1S/C22H20F3N3O/c1-3-14(13-15(29)4-2)26-21-17-10-6-8-12-19(17)27-20(28-21)16-9-5-7-11-18(16)22(23,24)25/h3,5-13,29H,4H2,1-2H3,(H,26,27,28)/b14-3-,15-13+. The predicted molar refractivity (Wildman–Crippen MR) is 108 cm³/mol. The number of aliphatic hydroxyl groups excluding tert-OH is 1. The third-order valence-corrected chi connectivity index (χ3v) is 4.33. The van der Waals surface area contributed by atoms with Crippen molar-refractivity contribution < 1.29 is 18.3 Å². The van der Waals surface area contributed by atoms with E-state index in [1.54, 1.807) is 43.3 Å². The number of rotatable bonds is 5. The van der Waals surface area contributed by atoms with E-state index in [2.05, 4.69) is 15.3 Å². The third-order valence-electron chi connectivity index (χ3n) is 4.33. The molecule has 3 rings (SSSR count). The molecule has 1 aromatic heterocycles. The topological polar surface area (TPSA) is 58.0 Å². The molecular formula is C22H20F3N3O. The molecule has 0 aliphatic carbocycles. The number of benzene rings is 2. The lowest BCUT2D eigenvalue weighted by Crippen LogP contribution is -2.09. The third kappa shape index (κ3) is 4.56. The van der Waals surface area contributed by atoms with Gasteiger partial charge in [0.1, 0.15) is 5.82 Å². The highest BCUT2D eigenvalue weighted by atomic mass is 19.4. The van der Waals surface area contributed by atoms with Gasteiger partial charge in [0.15, 0.2) is 5.82 Å². The molecule has 2 N–H and O–H groups in total. The molecule has 0 aliphatic rings. The molecular weight excluding hydrogens is 379 g/mol. The lowest BCUT2D eigenvalue weighted by Gasteiger charge is -2.15. The fourth-order valence-corrected chi connectivity index (χ4v) is 2.83. The molecule has 0 amide bonds.